The summed E-state index contributed by atoms with van der Waals surface area (Å²) in [4.78, 5) is 0. The highest BCUT2D eigenvalue weighted by atomic mass is 79.9. The fourth-order valence-corrected chi connectivity index (χ4v) is 1.87. The van der Waals surface area contributed by atoms with Crippen molar-refractivity contribution in [3.8, 4) is 11.3 Å². The Morgan fingerprint density at radius 3 is 2.83 bits per heavy atom. The first-order valence-electron chi connectivity index (χ1n) is 5.70. The third-order valence-electron chi connectivity index (χ3n) is 2.45. The molecule has 0 aliphatic heterocycles. The Balaban J connectivity index is 2.16. The maximum atomic E-state index is 13.1. The predicted molar refractivity (Wildman–Crippen MR) is 71.6 cm³/mol. The zero-order valence-electron chi connectivity index (χ0n) is 10.2. The van der Waals surface area contributed by atoms with E-state index in [1.807, 2.05) is 6.07 Å². The summed E-state index contributed by atoms with van der Waals surface area (Å²) in [5, 5.41) is 7.23. The monoisotopic (exact) mass is 312 g/mol. The molecular formula is C13H14BrFN2O. The molecule has 1 aromatic carbocycles. The second-order valence-electron chi connectivity index (χ2n) is 4.35. The molecule has 0 radical (unpaired) electrons. The molecular weight excluding hydrogens is 299 g/mol. The van der Waals surface area contributed by atoms with Gasteiger partial charge < -0.3 is 9.84 Å². The van der Waals surface area contributed by atoms with E-state index < -0.39 is 0 Å². The van der Waals surface area contributed by atoms with Crippen LogP contribution >= 0.6 is 15.9 Å². The standard InChI is InChI=1S/C13H14BrFN2O/c1-8(2)16-7-10-6-13(18-17-10)9-3-4-12(15)11(14)5-9/h3-6,8,16H,7H2,1-2H3. The molecule has 2 rings (SSSR count). The van der Waals surface area contributed by atoms with Crippen LogP contribution in [-0.4, -0.2) is 11.2 Å². The van der Waals surface area contributed by atoms with E-state index in [0.29, 0.717) is 22.8 Å². The molecule has 0 bridgehead atoms. The summed E-state index contributed by atoms with van der Waals surface area (Å²) in [6.45, 7) is 4.79. The molecule has 0 spiro atoms. The van der Waals surface area contributed by atoms with Crippen LogP contribution in [0.5, 0.6) is 0 Å². The van der Waals surface area contributed by atoms with Crippen molar-refractivity contribution in [1.82, 2.24) is 10.5 Å². The lowest BCUT2D eigenvalue weighted by Crippen LogP contribution is -2.21. The van der Waals surface area contributed by atoms with E-state index in [1.165, 1.54) is 6.07 Å². The summed E-state index contributed by atoms with van der Waals surface area (Å²) < 4.78 is 18.8. The van der Waals surface area contributed by atoms with Crippen molar-refractivity contribution in [1.29, 1.82) is 0 Å². The van der Waals surface area contributed by atoms with Gasteiger partial charge in [-0.15, -0.1) is 0 Å². The van der Waals surface area contributed by atoms with Crippen molar-refractivity contribution in [2.45, 2.75) is 26.4 Å². The molecule has 2 aromatic rings. The molecule has 3 nitrogen and oxygen atoms in total. The first kappa shape index (κ1) is 13.2. The Labute approximate surface area is 113 Å². The van der Waals surface area contributed by atoms with Gasteiger partial charge in [-0.2, -0.15) is 0 Å². The van der Waals surface area contributed by atoms with E-state index >= 15 is 0 Å². The van der Waals surface area contributed by atoms with Gasteiger partial charge in [0.1, 0.15) is 5.82 Å². The summed E-state index contributed by atoms with van der Waals surface area (Å²) in [6.07, 6.45) is 0. The molecule has 1 N–H and O–H groups in total. The summed E-state index contributed by atoms with van der Waals surface area (Å²) in [6, 6.07) is 6.99. The normalized spacial score (nSPS) is 11.2. The van der Waals surface area contributed by atoms with Gasteiger partial charge in [-0.3, -0.25) is 0 Å². The number of hydrogen-bond acceptors (Lipinski definition) is 3. The minimum Gasteiger partial charge on any atom is -0.356 e. The van der Waals surface area contributed by atoms with Crippen molar-refractivity contribution in [3.63, 3.8) is 0 Å². The quantitative estimate of drug-likeness (QED) is 0.934. The second-order valence-corrected chi connectivity index (χ2v) is 5.20. The lowest BCUT2D eigenvalue weighted by atomic mass is 10.1. The Morgan fingerprint density at radius 1 is 1.39 bits per heavy atom. The van der Waals surface area contributed by atoms with Crippen molar-refractivity contribution in [3.05, 3.63) is 40.2 Å². The maximum Gasteiger partial charge on any atom is 0.167 e. The zero-order valence-corrected chi connectivity index (χ0v) is 11.8. The summed E-state index contributed by atoms with van der Waals surface area (Å²) in [5.74, 6) is 0.344. The van der Waals surface area contributed by atoms with E-state index in [9.17, 15) is 4.39 Å². The van der Waals surface area contributed by atoms with Crippen LogP contribution in [0.1, 0.15) is 19.5 Å². The van der Waals surface area contributed by atoms with E-state index in [1.54, 1.807) is 12.1 Å². The van der Waals surface area contributed by atoms with Gasteiger partial charge in [0.25, 0.3) is 0 Å². The summed E-state index contributed by atoms with van der Waals surface area (Å²) >= 11 is 3.15. The van der Waals surface area contributed by atoms with E-state index in [4.69, 9.17) is 4.52 Å². The number of benzene rings is 1. The molecule has 0 atom stereocenters. The topological polar surface area (TPSA) is 38.1 Å². The minimum absolute atomic E-state index is 0.292. The number of nitrogens with one attached hydrogen (secondary N) is 1. The lowest BCUT2D eigenvalue weighted by Gasteiger charge is -2.03. The molecule has 0 amide bonds. The van der Waals surface area contributed by atoms with Crippen LogP contribution in [-0.2, 0) is 6.54 Å². The van der Waals surface area contributed by atoms with E-state index in [-0.39, 0.29) is 5.82 Å². The first-order valence-corrected chi connectivity index (χ1v) is 6.50. The van der Waals surface area contributed by atoms with Crippen LogP contribution in [0.2, 0.25) is 0 Å². The van der Waals surface area contributed by atoms with Gasteiger partial charge in [0, 0.05) is 24.2 Å². The maximum absolute atomic E-state index is 13.1. The highest BCUT2D eigenvalue weighted by molar-refractivity contribution is 9.10. The van der Waals surface area contributed by atoms with Gasteiger partial charge >= 0.3 is 0 Å². The zero-order chi connectivity index (χ0) is 13.1. The molecule has 0 saturated carbocycles. The summed E-state index contributed by atoms with van der Waals surface area (Å²) in [7, 11) is 0. The Kier molecular flexibility index (Phi) is 4.14. The number of rotatable bonds is 4. The fourth-order valence-electron chi connectivity index (χ4n) is 1.49. The Morgan fingerprint density at radius 2 is 2.17 bits per heavy atom. The van der Waals surface area contributed by atoms with Gasteiger partial charge in [-0.25, -0.2) is 4.39 Å². The van der Waals surface area contributed by atoms with Gasteiger partial charge in [0.05, 0.1) is 10.2 Å². The summed E-state index contributed by atoms with van der Waals surface area (Å²) in [5.41, 5.74) is 1.63. The largest absolute Gasteiger partial charge is 0.356 e. The fraction of sp³-hybridized carbons (Fsp3) is 0.308. The number of hydrogen-bond donors (Lipinski definition) is 1. The van der Waals surface area contributed by atoms with Crippen LogP contribution in [0.3, 0.4) is 0 Å². The molecule has 0 aliphatic carbocycles. The van der Waals surface area contributed by atoms with Crippen LogP contribution in [0.15, 0.2) is 33.3 Å². The van der Waals surface area contributed by atoms with Gasteiger partial charge in [-0.05, 0) is 34.1 Å². The van der Waals surface area contributed by atoms with Crippen molar-refractivity contribution < 1.29 is 8.91 Å². The molecule has 0 fully saturated rings. The highest BCUT2D eigenvalue weighted by Gasteiger charge is 2.09. The average Bonchev–Trinajstić information content (AvgIpc) is 2.79. The molecule has 1 aromatic heterocycles. The van der Waals surface area contributed by atoms with Crippen molar-refractivity contribution in [2.24, 2.45) is 0 Å². The van der Waals surface area contributed by atoms with E-state index in [0.717, 1.165) is 11.3 Å². The Hall–Kier alpha value is -1.20. The van der Waals surface area contributed by atoms with Crippen LogP contribution in [0, 0.1) is 5.82 Å². The van der Waals surface area contributed by atoms with Gasteiger partial charge in [-0.1, -0.05) is 19.0 Å². The third kappa shape index (κ3) is 3.17. The third-order valence-corrected chi connectivity index (χ3v) is 3.06. The first-order chi connectivity index (χ1) is 8.56. The number of nitrogens with zero attached hydrogens (tertiary/aromatic N) is 1. The molecule has 0 unspecified atom stereocenters. The van der Waals surface area contributed by atoms with E-state index in [2.05, 4.69) is 40.3 Å². The molecule has 18 heavy (non-hydrogen) atoms. The molecule has 0 saturated heterocycles. The van der Waals surface area contributed by atoms with Gasteiger partial charge in [0.15, 0.2) is 5.76 Å². The second kappa shape index (κ2) is 5.63. The van der Waals surface area contributed by atoms with Crippen molar-refractivity contribution in [2.75, 3.05) is 0 Å². The average molecular weight is 313 g/mol. The SMILES string of the molecule is CC(C)NCc1cc(-c2ccc(F)c(Br)c2)on1. The molecule has 5 heteroatoms. The number of halogens is 2. The minimum atomic E-state index is -0.292. The molecule has 96 valence electrons. The molecule has 1 heterocycles. The molecule has 0 aliphatic rings. The Bertz CT molecular complexity index is 540. The van der Waals surface area contributed by atoms with Crippen LogP contribution in [0.25, 0.3) is 11.3 Å². The highest BCUT2D eigenvalue weighted by Crippen LogP contribution is 2.25. The van der Waals surface area contributed by atoms with Crippen LogP contribution in [0.4, 0.5) is 4.39 Å². The van der Waals surface area contributed by atoms with Crippen molar-refractivity contribution >= 4 is 15.9 Å². The van der Waals surface area contributed by atoms with Crippen LogP contribution < -0.4 is 5.32 Å². The smallest absolute Gasteiger partial charge is 0.167 e. The van der Waals surface area contributed by atoms with Gasteiger partial charge in [0.2, 0.25) is 0 Å². The lowest BCUT2D eigenvalue weighted by molar-refractivity contribution is 0.417. The predicted octanol–water partition coefficient (Wildman–Crippen LogP) is 3.74. The number of aromatic nitrogens is 1.